The van der Waals surface area contributed by atoms with Crippen LogP contribution in [0.1, 0.15) is 60.5 Å². The van der Waals surface area contributed by atoms with Crippen LogP contribution in [0.3, 0.4) is 0 Å². The first-order chi connectivity index (χ1) is 16.5. The van der Waals surface area contributed by atoms with E-state index < -0.39 is 30.2 Å². The molecule has 1 amide bonds. The van der Waals surface area contributed by atoms with Gasteiger partial charge in [-0.1, -0.05) is 70.2 Å². The Morgan fingerprint density at radius 3 is 2.46 bits per heavy atom. The van der Waals surface area contributed by atoms with E-state index in [0.29, 0.717) is 25.6 Å². The maximum atomic E-state index is 14.9. The average molecular weight is 494 g/mol. The summed E-state index contributed by atoms with van der Waals surface area (Å²) in [6.45, 7) is 14.6. The number of allylic oxidation sites excluding steroid dienone is 1. The molecule has 0 saturated carbocycles. The minimum absolute atomic E-state index is 0.0395. The van der Waals surface area contributed by atoms with Gasteiger partial charge in [0, 0.05) is 5.92 Å². The predicted molar refractivity (Wildman–Crippen MR) is 136 cm³/mol. The van der Waals surface area contributed by atoms with E-state index in [1.807, 2.05) is 37.3 Å². The van der Waals surface area contributed by atoms with Crippen LogP contribution >= 0.6 is 0 Å². The quantitative estimate of drug-likeness (QED) is 0.380. The number of nitrogens with one attached hydrogen (secondary N) is 1. The van der Waals surface area contributed by atoms with Crippen molar-refractivity contribution < 1.29 is 28.1 Å². The summed E-state index contributed by atoms with van der Waals surface area (Å²) >= 11 is 0. The number of hydrogen-bond donors (Lipinski definition) is 1. The molecule has 1 N–H and O–H groups in total. The Morgan fingerprint density at radius 2 is 1.83 bits per heavy atom. The zero-order chi connectivity index (χ0) is 26.0. The molecule has 0 aromatic heterocycles. The first-order valence-corrected chi connectivity index (χ1v) is 12.7. The van der Waals surface area contributed by atoms with E-state index in [4.69, 9.17) is 18.9 Å². The number of alkyl halides is 1. The second-order valence-electron chi connectivity index (χ2n) is 10.5. The second kappa shape index (κ2) is 14.0. The third-order valence-corrected chi connectivity index (χ3v) is 6.46. The lowest BCUT2D eigenvalue weighted by Gasteiger charge is -2.43. The van der Waals surface area contributed by atoms with Gasteiger partial charge >= 0.3 is 6.09 Å². The molecule has 0 radical (unpaired) electrons. The molecule has 1 aliphatic heterocycles. The van der Waals surface area contributed by atoms with E-state index in [1.165, 1.54) is 6.08 Å². The Bertz CT molecular complexity index is 781. The van der Waals surface area contributed by atoms with Crippen LogP contribution in [0.25, 0.3) is 0 Å². The van der Waals surface area contributed by atoms with E-state index in [2.05, 4.69) is 26.1 Å². The van der Waals surface area contributed by atoms with Crippen molar-refractivity contribution in [2.24, 2.45) is 17.8 Å². The topological polar surface area (TPSA) is 66.0 Å². The smallest absolute Gasteiger partial charge is 0.408 e. The number of benzene rings is 1. The Labute approximate surface area is 210 Å². The van der Waals surface area contributed by atoms with Crippen LogP contribution in [0.5, 0.6) is 0 Å². The average Bonchev–Trinajstić information content (AvgIpc) is 2.80. The van der Waals surface area contributed by atoms with Gasteiger partial charge in [-0.15, -0.1) is 0 Å². The van der Waals surface area contributed by atoms with E-state index in [1.54, 1.807) is 26.8 Å². The highest BCUT2D eigenvalue weighted by Crippen LogP contribution is 2.35. The number of carbonyl (C=O) groups is 1. The molecule has 0 bridgehead atoms. The van der Waals surface area contributed by atoms with Gasteiger partial charge in [-0.3, -0.25) is 0 Å². The monoisotopic (exact) mass is 493 g/mol. The largest absolute Gasteiger partial charge is 0.444 e. The van der Waals surface area contributed by atoms with Gasteiger partial charge in [0.2, 0.25) is 0 Å². The zero-order valence-electron chi connectivity index (χ0n) is 22.3. The summed E-state index contributed by atoms with van der Waals surface area (Å²) in [5.74, 6) is 0.692. The van der Waals surface area contributed by atoms with E-state index >= 15 is 0 Å². The predicted octanol–water partition coefficient (Wildman–Crippen LogP) is 6.05. The van der Waals surface area contributed by atoms with E-state index in [-0.39, 0.29) is 24.5 Å². The highest BCUT2D eigenvalue weighted by atomic mass is 19.1. The number of halogens is 1. The molecule has 198 valence electrons. The van der Waals surface area contributed by atoms with E-state index in [0.717, 1.165) is 5.56 Å². The molecule has 1 saturated heterocycles. The van der Waals surface area contributed by atoms with Gasteiger partial charge in [-0.25, -0.2) is 9.18 Å². The van der Waals surface area contributed by atoms with Gasteiger partial charge in [-0.2, -0.15) is 0 Å². The van der Waals surface area contributed by atoms with Crippen molar-refractivity contribution in [3.05, 3.63) is 48.0 Å². The summed E-state index contributed by atoms with van der Waals surface area (Å²) in [4.78, 5) is 12.3. The minimum Gasteiger partial charge on any atom is -0.444 e. The van der Waals surface area contributed by atoms with Gasteiger partial charge in [0.1, 0.15) is 11.8 Å². The number of carbonyl (C=O) groups excluding carboxylic acids is 1. The van der Waals surface area contributed by atoms with Crippen molar-refractivity contribution in [3.63, 3.8) is 0 Å². The number of ether oxygens (including phenoxy) is 4. The molecular formula is C28H44FNO5. The summed E-state index contributed by atoms with van der Waals surface area (Å²) in [5, 5.41) is 2.63. The Hall–Kier alpha value is -1.96. The van der Waals surface area contributed by atoms with Crippen LogP contribution in [0.2, 0.25) is 0 Å². The Kier molecular flexibility index (Phi) is 11.7. The SMILES string of the molecule is CC/C=C/[C@@H](F)[C@H](CO[C@H]1OC(COCc2ccccc2)[C@H](C)[C@H](C)C1C)NC(=O)OC(C)(C)C. The zero-order valence-corrected chi connectivity index (χ0v) is 22.3. The molecule has 1 aromatic carbocycles. The molecular weight excluding hydrogens is 449 g/mol. The number of rotatable bonds is 11. The van der Waals surface area contributed by atoms with E-state index in [9.17, 15) is 9.18 Å². The fraction of sp³-hybridized carbons (Fsp3) is 0.679. The molecule has 1 fully saturated rings. The Balaban J connectivity index is 1.99. The molecule has 1 aromatic rings. The maximum Gasteiger partial charge on any atom is 0.408 e. The number of amides is 1. The van der Waals surface area contributed by atoms with Crippen molar-refractivity contribution in [3.8, 4) is 0 Å². The van der Waals surface area contributed by atoms with Crippen LogP contribution in [0.4, 0.5) is 9.18 Å². The molecule has 6 nitrogen and oxygen atoms in total. The van der Waals surface area contributed by atoms with Gasteiger partial charge in [-0.05, 0) is 44.6 Å². The van der Waals surface area contributed by atoms with Gasteiger partial charge < -0.3 is 24.3 Å². The summed E-state index contributed by atoms with van der Waals surface area (Å²) in [6, 6.07) is 9.11. The normalized spacial score (nSPS) is 26.9. The maximum absolute atomic E-state index is 14.9. The first kappa shape index (κ1) is 29.3. The van der Waals surface area contributed by atoms with Crippen LogP contribution in [0, 0.1) is 17.8 Å². The third kappa shape index (κ3) is 9.90. The van der Waals surface area contributed by atoms with Crippen molar-refractivity contribution >= 4 is 6.09 Å². The summed E-state index contributed by atoms with van der Waals surface area (Å²) in [7, 11) is 0. The molecule has 35 heavy (non-hydrogen) atoms. The van der Waals surface area contributed by atoms with Crippen molar-refractivity contribution in [2.75, 3.05) is 13.2 Å². The summed E-state index contributed by atoms with van der Waals surface area (Å²) in [5.41, 5.74) is 0.426. The molecule has 7 atom stereocenters. The third-order valence-electron chi connectivity index (χ3n) is 6.46. The van der Waals surface area contributed by atoms with Crippen molar-refractivity contribution in [1.82, 2.24) is 5.32 Å². The van der Waals surface area contributed by atoms with Gasteiger partial charge in [0.15, 0.2) is 6.29 Å². The fourth-order valence-corrected chi connectivity index (χ4v) is 4.01. The molecule has 0 aliphatic carbocycles. The number of alkyl carbamates (subject to hydrolysis) is 1. The molecule has 0 spiro atoms. The molecule has 7 heteroatoms. The highest BCUT2D eigenvalue weighted by Gasteiger charge is 2.40. The minimum atomic E-state index is -1.41. The number of hydrogen-bond acceptors (Lipinski definition) is 5. The lowest BCUT2D eigenvalue weighted by Crippen LogP contribution is -2.51. The van der Waals surface area contributed by atoms with Gasteiger partial charge in [0.05, 0.1) is 32.0 Å². The molecule has 2 rings (SSSR count). The van der Waals surface area contributed by atoms with Crippen molar-refractivity contribution in [1.29, 1.82) is 0 Å². The van der Waals surface area contributed by atoms with Crippen LogP contribution in [0.15, 0.2) is 42.5 Å². The van der Waals surface area contributed by atoms with Crippen LogP contribution in [-0.2, 0) is 25.6 Å². The first-order valence-electron chi connectivity index (χ1n) is 12.7. The highest BCUT2D eigenvalue weighted by molar-refractivity contribution is 5.68. The summed E-state index contributed by atoms with van der Waals surface area (Å²) in [6.07, 6.45) is 1.11. The molecule has 2 unspecified atom stereocenters. The standard InChI is InChI=1S/C28H44FNO5/c1-8-9-15-23(29)24(30-27(31)35-28(5,6)7)17-33-26-21(4)19(2)20(3)25(34-26)18-32-16-22-13-11-10-12-14-22/h9-15,19-21,23-26H,8,16-18H2,1-7H3,(H,30,31)/b15-9+/t19-,20+,21?,23+,24-,25?,26-/m0/s1. The Morgan fingerprint density at radius 1 is 1.14 bits per heavy atom. The lowest BCUT2D eigenvalue weighted by atomic mass is 9.79. The fourth-order valence-electron chi connectivity index (χ4n) is 4.01. The second-order valence-corrected chi connectivity index (χ2v) is 10.5. The molecule has 1 aliphatic rings. The summed E-state index contributed by atoms with van der Waals surface area (Å²) < 4.78 is 38.6. The molecule has 1 heterocycles. The van der Waals surface area contributed by atoms with Crippen LogP contribution < -0.4 is 5.32 Å². The van der Waals surface area contributed by atoms with Crippen LogP contribution in [-0.4, -0.2) is 49.5 Å². The van der Waals surface area contributed by atoms with Gasteiger partial charge in [0.25, 0.3) is 0 Å². The lowest BCUT2D eigenvalue weighted by molar-refractivity contribution is -0.259. The van der Waals surface area contributed by atoms with Crippen molar-refractivity contribution in [2.45, 2.75) is 91.7 Å².